The van der Waals surface area contributed by atoms with Crippen LogP contribution < -0.4 is 16.2 Å². The predicted octanol–water partition coefficient (Wildman–Crippen LogP) is 2.11. The van der Waals surface area contributed by atoms with Gasteiger partial charge in [-0.15, -0.1) is 0 Å². The number of aromatic nitrogens is 2. The summed E-state index contributed by atoms with van der Waals surface area (Å²) in [4.78, 5) is 41.2. The fourth-order valence-corrected chi connectivity index (χ4v) is 3.51. The van der Waals surface area contributed by atoms with Crippen molar-refractivity contribution in [3.63, 3.8) is 0 Å². The van der Waals surface area contributed by atoms with Crippen LogP contribution in [0.1, 0.15) is 38.4 Å². The van der Waals surface area contributed by atoms with Crippen LogP contribution >= 0.6 is 0 Å². The van der Waals surface area contributed by atoms with Gasteiger partial charge in [0.25, 0.3) is 5.56 Å². The lowest BCUT2D eigenvalue weighted by Crippen LogP contribution is -2.48. The van der Waals surface area contributed by atoms with Crippen LogP contribution in [0.25, 0.3) is 10.9 Å². The molecule has 2 aromatic rings. The van der Waals surface area contributed by atoms with Crippen LogP contribution in [0, 0.1) is 12.8 Å². The Balaban J connectivity index is 1.67. The fourth-order valence-electron chi connectivity index (χ4n) is 3.51. The highest BCUT2D eigenvalue weighted by Gasteiger charge is 2.23. The molecular formula is C19H24N4O3. The smallest absolute Gasteiger partial charge is 0.321 e. The first-order chi connectivity index (χ1) is 12.5. The van der Waals surface area contributed by atoms with E-state index in [9.17, 15) is 14.4 Å². The lowest BCUT2D eigenvalue weighted by molar-refractivity contribution is -0.120. The van der Waals surface area contributed by atoms with Crippen LogP contribution in [-0.2, 0) is 11.3 Å². The van der Waals surface area contributed by atoms with Gasteiger partial charge in [-0.1, -0.05) is 31.9 Å². The third-order valence-electron chi connectivity index (χ3n) is 5.04. The Morgan fingerprint density at radius 3 is 2.73 bits per heavy atom. The normalized spacial score (nSPS) is 19.9. The third kappa shape index (κ3) is 3.92. The molecule has 1 aliphatic carbocycles. The Labute approximate surface area is 151 Å². The van der Waals surface area contributed by atoms with E-state index in [0.717, 1.165) is 19.3 Å². The van der Waals surface area contributed by atoms with Crippen molar-refractivity contribution in [3.8, 4) is 0 Å². The Hall–Kier alpha value is -2.70. The molecule has 0 saturated heterocycles. The molecule has 0 radical (unpaired) electrons. The molecule has 0 spiro atoms. The van der Waals surface area contributed by atoms with Gasteiger partial charge in [-0.25, -0.2) is 9.78 Å². The van der Waals surface area contributed by atoms with E-state index in [0.29, 0.717) is 22.6 Å². The summed E-state index contributed by atoms with van der Waals surface area (Å²) in [5.74, 6) is 0.303. The van der Waals surface area contributed by atoms with Crippen LogP contribution in [0.15, 0.2) is 29.1 Å². The first kappa shape index (κ1) is 18.1. The highest BCUT2D eigenvalue weighted by molar-refractivity contribution is 5.94. The summed E-state index contributed by atoms with van der Waals surface area (Å²) in [6, 6.07) is 6.57. The zero-order valence-corrected chi connectivity index (χ0v) is 15.1. The molecule has 7 nitrogen and oxygen atoms in total. The Morgan fingerprint density at radius 1 is 1.23 bits per heavy atom. The molecule has 3 amide bonds. The van der Waals surface area contributed by atoms with E-state index >= 15 is 0 Å². The molecule has 0 aliphatic heterocycles. The van der Waals surface area contributed by atoms with Crippen molar-refractivity contribution in [1.82, 2.24) is 20.2 Å². The van der Waals surface area contributed by atoms with Crippen molar-refractivity contribution in [2.45, 2.75) is 52.1 Å². The Kier molecular flexibility index (Phi) is 5.35. The maximum atomic E-state index is 12.6. The molecule has 138 valence electrons. The average Bonchev–Trinajstić information content (AvgIpc) is 2.60. The van der Waals surface area contributed by atoms with Gasteiger partial charge in [0.1, 0.15) is 12.4 Å². The molecular weight excluding hydrogens is 332 g/mol. The summed E-state index contributed by atoms with van der Waals surface area (Å²) in [5.41, 5.74) is 0.306. The second-order valence-corrected chi connectivity index (χ2v) is 6.96. The molecule has 3 rings (SSSR count). The van der Waals surface area contributed by atoms with E-state index in [2.05, 4.69) is 22.5 Å². The summed E-state index contributed by atoms with van der Waals surface area (Å²) >= 11 is 0. The average molecular weight is 356 g/mol. The van der Waals surface area contributed by atoms with Gasteiger partial charge in [-0.05, 0) is 37.8 Å². The lowest BCUT2D eigenvalue weighted by Gasteiger charge is -2.29. The summed E-state index contributed by atoms with van der Waals surface area (Å²) in [7, 11) is 0. The quantitative estimate of drug-likeness (QED) is 0.881. The van der Waals surface area contributed by atoms with Crippen molar-refractivity contribution in [2.24, 2.45) is 5.92 Å². The van der Waals surface area contributed by atoms with Gasteiger partial charge < -0.3 is 5.32 Å². The number of aryl methyl sites for hydroxylation is 1. The second kappa shape index (κ2) is 7.68. The summed E-state index contributed by atoms with van der Waals surface area (Å²) in [6.45, 7) is 3.54. The number of nitrogens with one attached hydrogen (secondary N) is 2. The van der Waals surface area contributed by atoms with E-state index in [4.69, 9.17) is 0 Å². The predicted molar refractivity (Wildman–Crippen MR) is 98.8 cm³/mol. The number of hydrogen-bond donors (Lipinski definition) is 2. The molecule has 2 atom stereocenters. The molecule has 1 aromatic carbocycles. The number of amides is 3. The van der Waals surface area contributed by atoms with Gasteiger partial charge in [-0.2, -0.15) is 0 Å². The molecule has 1 aromatic heterocycles. The highest BCUT2D eigenvalue weighted by Crippen LogP contribution is 2.23. The van der Waals surface area contributed by atoms with Crippen LogP contribution in [-0.4, -0.2) is 27.5 Å². The second-order valence-electron chi connectivity index (χ2n) is 6.96. The third-order valence-corrected chi connectivity index (χ3v) is 5.04. The van der Waals surface area contributed by atoms with Gasteiger partial charge >= 0.3 is 6.03 Å². The summed E-state index contributed by atoms with van der Waals surface area (Å²) < 4.78 is 1.29. The number of imide groups is 1. The number of carbonyl (C=O) groups is 2. The van der Waals surface area contributed by atoms with Gasteiger partial charge in [0.2, 0.25) is 5.91 Å². The minimum Gasteiger partial charge on any atom is -0.335 e. The molecule has 7 heteroatoms. The van der Waals surface area contributed by atoms with E-state index in [1.54, 1.807) is 25.1 Å². The van der Waals surface area contributed by atoms with Gasteiger partial charge in [0.15, 0.2) is 0 Å². The standard InChI is InChI=1S/C19H24N4O3/c1-12-7-3-5-9-15(12)21-19(26)22-17(24)11-23-13(2)20-16-10-6-4-8-14(16)18(23)25/h4,6,8,10,12,15H,3,5,7,9,11H2,1-2H3,(H2,21,22,24,26)/t12-,15+/m0/s1. The highest BCUT2D eigenvalue weighted by atomic mass is 16.2. The molecule has 0 unspecified atom stereocenters. The number of para-hydroxylation sites is 1. The first-order valence-electron chi connectivity index (χ1n) is 9.02. The number of nitrogens with zero attached hydrogens (tertiary/aromatic N) is 2. The molecule has 1 aliphatic rings. The zero-order chi connectivity index (χ0) is 18.7. The van der Waals surface area contributed by atoms with Gasteiger partial charge in [-0.3, -0.25) is 19.5 Å². The van der Waals surface area contributed by atoms with Crippen molar-refractivity contribution in [3.05, 3.63) is 40.4 Å². The van der Waals surface area contributed by atoms with Crippen LogP contribution in [0.4, 0.5) is 4.79 Å². The Bertz CT molecular complexity index is 890. The molecule has 1 heterocycles. The maximum absolute atomic E-state index is 12.6. The molecule has 0 bridgehead atoms. The number of hydrogen-bond acceptors (Lipinski definition) is 4. The molecule has 1 saturated carbocycles. The lowest BCUT2D eigenvalue weighted by atomic mass is 9.86. The van der Waals surface area contributed by atoms with E-state index in [-0.39, 0.29) is 18.1 Å². The number of urea groups is 1. The first-order valence-corrected chi connectivity index (χ1v) is 9.02. The molecule has 2 N–H and O–H groups in total. The minimum absolute atomic E-state index is 0.0864. The van der Waals surface area contributed by atoms with E-state index in [1.165, 1.54) is 11.0 Å². The zero-order valence-electron chi connectivity index (χ0n) is 15.1. The van der Waals surface area contributed by atoms with Crippen molar-refractivity contribution in [2.75, 3.05) is 0 Å². The SMILES string of the molecule is Cc1nc2ccccc2c(=O)n1CC(=O)NC(=O)N[C@@H]1CCCC[C@@H]1C. The molecule has 26 heavy (non-hydrogen) atoms. The van der Waals surface area contributed by atoms with Crippen molar-refractivity contribution >= 4 is 22.8 Å². The molecule has 1 fully saturated rings. The number of benzene rings is 1. The number of fused-ring (bicyclic) bond motifs is 1. The van der Waals surface area contributed by atoms with Crippen LogP contribution in [0.2, 0.25) is 0 Å². The minimum atomic E-state index is -0.534. The van der Waals surface area contributed by atoms with Gasteiger partial charge in [0.05, 0.1) is 10.9 Å². The number of rotatable bonds is 3. The van der Waals surface area contributed by atoms with Crippen molar-refractivity contribution in [1.29, 1.82) is 0 Å². The summed E-state index contributed by atoms with van der Waals surface area (Å²) in [6.07, 6.45) is 4.27. The number of carbonyl (C=O) groups excluding carboxylic acids is 2. The van der Waals surface area contributed by atoms with E-state index in [1.807, 2.05) is 6.07 Å². The largest absolute Gasteiger partial charge is 0.335 e. The summed E-state index contributed by atoms with van der Waals surface area (Å²) in [5, 5.41) is 5.64. The Morgan fingerprint density at radius 2 is 1.96 bits per heavy atom. The topological polar surface area (TPSA) is 93.1 Å². The van der Waals surface area contributed by atoms with Crippen LogP contribution in [0.3, 0.4) is 0 Å². The maximum Gasteiger partial charge on any atom is 0.321 e. The van der Waals surface area contributed by atoms with Crippen LogP contribution in [0.5, 0.6) is 0 Å². The monoisotopic (exact) mass is 356 g/mol. The van der Waals surface area contributed by atoms with Crippen molar-refractivity contribution < 1.29 is 9.59 Å². The van der Waals surface area contributed by atoms with E-state index < -0.39 is 11.9 Å². The van der Waals surface area contributed by atoms with Gasteiger partial charge in [0, 0.05) is 6.04 Å². The fraction of sp³-hybridized carbons (Fsp3) is 0.474.